The number of amides is 1. The van der Waals surface area contributed by atoms with Crippen LogP contribution in [0.5, 0.6) is 5.75 Å². The Morgan fingerprint density at radius 3 is 2.52 bits per heavy atom. The second-order valence-electron chi connectivity index (χ2n) is 5.72. The second kappa shape index (κ2) is 7.30. The molecule has 0 spiro atoms. The van der Waals surface area contributed by atoms with E-state index in [1.54, 1.807) is 13.8 Å². The average Bonchev–Trinajstić information content (AvgIpc) is 2.81. The summed E-state index contributed by atoms with van der Waals surface area (Å²) < 4.78 is 58.0. The number of carbonyl (C=O) groups is 1. The first kappa shape index (κ1) is 19.7. The largest absolute Gasteiger partial charge is 0.492 e. The van der Waals surface area contributed by atoms with E-state index in [2.05, 4.69) is 4.72 Å². The first-order valence-electron chi connectivity index (χ1n) is 7.97. The molecule has 1 N–H and O–H groups in total. The lowest BCUT2D eigenvalue weighted by atomic mass is 10.3. The monoisotopic (exact) mass is 390 g/mol. The Morgan fingerprint density at radius 1 is 1.32 bits per heavy atom. The molecular formula is C15H22N2O6S2. The van der Waals surface area contributed by atoms with E-state index in [4.69, 9.17) is 4.74 Å². The van der Waals surface area contributed by atoms with E-state index in [0.717, 1.165) is 6.07 Å². The standard InChI is InChI=1S/C15H22N2O6S2/c1-4-11(3)16-25(21,22)14-10-12(6-7-13(14)23-5-2)17-15(18)8-9-24(17,19)20/h6-7,10-11,16H,4-5,8-9H2,1-3H3. The van der Waals surface area contributed by atoms with E-state index in [1.807, 2.05) is 6.92 Å². The minimum atomic E-state index is -3.94. The van der Waals surface area contributed by atoms with Crippen LogP contribution in [0.15, 0.2) is 23.1 Å². The van der Waals surface area contributed by atoms with Crippen LogP contribution in [0.1, 0.15) is 33.6 Å². The van der Waals surface area contributed by atoms with E-state index in [-0.39, 0.29) is 41.2 Å². The van der Waals surface area contributed by atoms with Gasteiger partial charge in [-0.3, -0.25) is 4.79 Å². The van der Waals surface area contributed by atoms with Gasteiger partial charge in [0.1, 0.15) is 10.6 Å². The van der Waals surface area contributed by atoms with Gasteiger partial charge < -0.3 is 4.74 Å². The maximum absolute atomic E-state index is 12.7. The third-order valence-corrected chi connectivity index (χ3v) is 7.10. The molecule has 1 saturated heterocycles. The number of anilines is 1. The number of benzene rings is 1. The highest BCUT2D eigenvalue weighted by Gasteiger charge is 2.37. The Morgan fingerprint density at radius 2 is 2.00 bits per heavy atom. The van der Waals surface area contributed by atoms with Gasteiger partial charge in [0.2, 0.25) is 26.0 Å². The number of hydrogen-bond donors (Lipinski definition) is 1. The molecule has 0 saturated carbocycles. The SMILES string of the molecule is CCOc1ccc(N2C(=O)CCS2(=O)=O)cc1S(=O)(=O)NC(C)CC. The molecular weight excluding hydrogens is 368 g/mol. The summed E-state index contributed by atoms with van der Waals surface area (Å²) in [7, 11) is -7.72. The molecule has 1 atom stereocenters. The molecule has 140 valence electrons. The quantitative estimate of drug-likeness (QED) is 0.750. The highest BCUT2D eigenvalue weighted by atomic mass is 32.2. The van der Waals surface area contributed by atoms with Gasteiger partial charge in [-0.05, 0) is 38.5 Å². The van der Waals surface area contributed by atoms with Crippen LogP contribution in [-0.2, 0) is 24.8 Å². The van der Waals surface area contributed by atoms with Gasteiger partial charge in [0.15, 0.2) is 0 Å². The van der Waals surface area contributed by atoms with Crippen molar-refractivity contribution in [1.82, 2.24) is 4.72 Å². The van der Waals surface area contributed by atoms with Crippen LogP contribution in [0.2, 0.25) is 0 Å². The van der Waals surface area contributed by atoms with E-state index in [9.17, 15) is 21.6 Å². The molecule has 25 heavy (non-hydrogen) atoms. The Kier molecular flexibility index (Phi) is 5.75. The maximum Gasteiger partial charge on any atom is 0.244 e. The van der Waals surface area contributed by atoms with E-state index in [1.165, 1.54) is 12.1 Å². The molecule has 1 unspecified atom stereocenters. The summed E-state index contributed by atoms with van der Waals surface area (Å²) in [5.74, 6) is -0.764. The Labute approximate surface area is 148 Å². The van der Waals surface area contributed by atoms with Crippen LogP contribution in [0.3, 0.4) is 0 Å². The predicted molar refractivity (Wildman–Crippen MR) is 93.6 cm³/mol. The van der Waals surface area contributed by atoms with Crippen molar-refractivity contribution in [2.24, 2.45) is 0 Å². The van der Waals surface area contributed by atoms with Gasteiger partial charge in [-0.15, -0.1) is 0 Å². The average molecular weight is 390 g/mol. The van der Waals surface area contributed by atoms with Crippen molar-refractivity contribution < 1.29 is 26.4 Å². The summed E-state index contributed by atoms with van der Waals surface area (Å²) in [6.07, 6.45) is 0.463. The molecule has 1 amide bonds. The Balaban J connectivity index is 2.56. The first-order chi connectivity index (χ1) is 11.6. The van der Waals surface area contributed by atoms with Crippen molar-refractivity contribution in [3.63, 3.8) is 0 Å². The minimum absolute atomic E-state index is 0.00419. The molecule has 8 nitrogen and oxygen atoms in total. The van der Waals surface area contributed by atoms with E-state index in [0.29, 0.717) is 10.7 Å². The predicted octanol–water partition coefficient (Wildman–Crippen LogP) is 1.23. The zero-order valence-electron chi connectivity index (χ0n) is 14.4. The fraction of sp³-hybridized carbons (Fsp3) is 0.533. The molecule has 0 bridgehead atoms. The lowest BCUT2D eigenvalue weighted by molar-refractivity contribution is -0.116. The second-order valence-corrected chi connectivity index (χ2v) is 9.34. The summed E-state index contributed by atoms with van der Waals surface area (Å²) in [4.78, 5) is 11.7. The third-order valence-electron chi connectivity index (χ3n) is 3.80. The van der Waals surface area contributed by atoms with E-state index < -0.39 is 26.0 Å². The molecule has 0 aliphatic carbocycles. The van der Waals surface area contributed by atoms with Crippen LogP contribution >= 0.6 is 0 Å². The minimum Gasteiger partial charge on any atom is -0.492 e. The number of carbonyl (C=O) groups excluding carboxylic acids is 1. The topological polar surface area (TPSA) is 110 Å². The zero-order valence-corrected chi connectivity index (χ0v) is 16.0. The first-order valence-corrected chi connectivity index (χ1v) is 11.1. The molecule has 0 radical (unpaired) electrons. The summed E-state index contributed by atoms with van der Waals surface area (Å²) in [5.41, 5.74) is -0.00419. The number of rotatable bonds is 7. The summed E-state index contributed by atoms with van der Waals surface area (Å²) >= 11 is 0. The molecule has 1 aromatic rings. The van der Waals surface area contributed by atoms with Crippen molar-refractivity contribution in [2.75, 3.05) is 16.7 Å². The number of ether oxygens (including phenoxy) is 1. The van der Waals surface area contributed by atoms with Gasteiger partial charge in [-0.2, -0.15) is 0 Å². The number of nitrogens with one attached hydrogen (secondary N) is 1. The third kappa shape index (κ3) is 4.13. The molecule has 10 heteroatoms. The van der Waals surface area contributed by atoms with Crippen LogP contribution < -0.4 is 13.8 Å². The summed E-state index contributed by atoms with van der Waals surface area (Å²) in [5, 5.41) is 0. The van der Waals surface area contributed by atoms with Crippen molar-refractivity contribution in [1.29, 1.82) is 0 Å². The van der Waals surface area contributed by atoms with Gasteiger partial charge in [-0.25, -0.2) is 25.9 Å². The molecule has 1 aliphatic heterocycles. The smallest absolute Gasteiger partial charge is 0.244 e. The lowest BCUT2D eigenvalue weighted by Crippen LogP contribution is -2.33. The van der Waals surface area contributed by atoms with Gasteiger partial charge in [0.25, 0.3) is 0 Å². The van der Waals surface area contributed by atoms with Crippen LogP contribution in [0, 0.1) is 0 Å². The summed E-state index contributed by atoms with van der Waals surface area (Å²) in [6, 6.07) is 3.59. The van der Waals surface area contributed by atoms with Gasteiger partial charge in [0.05, 0.1) is 18.0 Å². The Bertz CT molecular complexity index is 864. The van der Waals surface area contributed by atoms with Crippen LogP contribution in [-0.4, -0.2) is 41.1 Å². The van der Waals surface area contributed by atoms with Gasteiger partial charge in [-0.1, -0.05) is 6.92 Å². The normalized spacial score (nSPS) is 18.4. The van der Waals surface area contributed by atoms with E-state index >= 15 is 0 Å². The maximum atomic E-state index is 12.7. The van der Waals surface area contributed by atoms with Crippen molar-refractivity contribution in [3.05, 3.63) is 18.2 Å². The van der Waals surface area contributed by atoms with Gasteiger partial charge in [0, 0.05) is 12.5 Å². The van der Waals surface area contributed by atoms with Crippen molar-refractivity contribution >= 4 is 31.6 Å². The fourth-order valence-corrected chi connectivity index (χ4v) is 5.33. The molecule has 2 rings (SSSR count). The highest BCUT2D eigenvalue weighted by Crippen LogP contribution is 2.32. The molecule has 1 aromatic carbocycles. The molecule has 0 aromatic heterocycles. The number of hydrogen-bond acceptors (Lipinski definition) is 6. The molecule has 1 heterocycles. The molecule has 1 fully saturated rings. The lowest BCUT2D eigenvalue weighted by Gasteiger charge is -2.19. The summed E-state index contributed by atoms with van der Waals surface area (Å²) in [6.45, 7) is 5.51. The zero-order chi connectivity index (χ0) is 18.8. The highest BCUT2D eigenvalue weighted by molar-refractivity contribution is 7.94. The van der Waals surface area contributed by atoms with Crippen LogP contribution in [0.4, 0.5) is 5.69 Å². The van der Waals surface area contributed by atoms with Crippen molar-refractivity contribution in [2.45, 2.75) is 44.6 Å². The number of sulfonamides is 2. The van der Waals surface area contributed by atoms with Crippen molar-refractivity contribution in [3.8, 4) is 5.75 Å². The van der Waals surface area contributed by atoms with Gasteiger partial charge >= 0.3 is 0 Å². The Hall–Kier alpha value is -1.65. The van der Waals surface area contributed by atoms with Crippen LogP contribution in [0.25, 0.3) is 0 Å². The fourth-order valence-electron chi connectivity index (χ4n) is 2.39. The number of nitrogens with zero attached hydrogens (tertiary/aromatic N) is 1. The molecule has 1 aliphatic rings.